The van der Waals surface area contributed by atoms with Crippen LogP contribution in [0.1, 0.15) is 142 Å². The average Bonchev–Trinajstić information content (AvgIpc) is 3.85. The van der Waals surface area contributed by atoms with Gasteiger partial charge in [0.05, 0.1) is 17.3 Å². The maximum absolute atomic E-state index is 13.3. The van der Waals surface area contributed by atoms with Gasteiger partial charge in [-0.15, -0.1) is 0 Å². The fraction of sp³-hybridized carbons (Fsp3) is 0.550. The van der Waals surface area contributed by atoms with Gasteiger partial charge in [-0.2, -0.15) is 9.61 Å². The van der Waals surface area contributed by atoms with E-state index in [0.717, 1.165) is 99.1 Å². The van der Waals surface area contributed by atoms with E-state index in [-0.39, 0.29) is 23.9 Å². The summed E-state index contributed by atoms with van der Waals surface area (Å²) in [6.07, 6.45) is 15.5. The Morgan fingerprint density at radius 1 is 0.962 bits per heavy atom. The summed E-state index contributed by atoms with van der Waals surface area (Å²) in [5.74, 6) is 0.354. The number of hydrogen-bond donors (Lipinski definition) is 4. The Kier molecular flexibility index (Phi) is 12.2. The summed E-state index contributed by atoms with van der Waals surface area (Å²) >= 11 is 0. The molecule has 1 unspecified atom stereocenters. The molecule has 6 rings (SSSR count). The van der Waals surface area contributed by atoms with Crippen molar-refractivity contribution < 1.29 is 19.2 Å². The van der Waals surface area contributed by atoms with Gasteiger partial charge in [-0.25, -0.2) is 4.98 Å². The number of benzene rings is 1. The van der Waals surface area contributed by atoms with Gasteiger partial charge in [0.15, 0.2) is 5.65 Å². The number of nitrogens with one attached hydrogen (secondary N) is 4. The summed E-state index contributed by atoms with van der Waals surface area (Å²) in [4.78, 5) is 57.6. The van der Waals surface area contributed by atoms with Crippen LogP contribution in [-0.2, 0) is 9.59 Å². The van der Waals surface area contributed by atoms with E-state index in [2.05, 4.69) is 52.9 Å². The minimum Gasteiger partial charge on any atom is -0.384 e. The molecule has 1 saturated carbocycles. The molecule has 52 heavy (non-hydrogen) atoms. The highest BCUT2D eigenvalue weighted by molar-refractivity contribution is 6.25. The number of rotatable bonds is 18. The number of piperidine rings is 1. The molecule has 2 fully saturated rings. The number of nitrogens with zero attached hydrogens (tertiary/aromatic N) is 4. The Morgan fingerprint density at radius 3 is 2.48 bits per heavy atom. The Morgan fingerprint density at radius 2 is 1.71 bits per heavy atom. The molecule has 0 radical (unpaired) electrons. The van der Waals surface area contributed by atoms with Gasteiger partial charge < -0.3 is 21.3 Å². The molecular formula is C40H54N8O4. The zero-order valence-corrected chi connectivity index (χ0v) is 30.7. The van der Waals surface area contributed by atoms with Crippen molar-refractivity contribution in [3.8, 4) is 0 Å². The fourth-order valence-corrected chi connectivity index (χ4v) is 7.96. The second-order valence-corrected chi connectivity index (χ2v) is 14.6. The Bertz CT molecular complexity index is 1780. The minimum absolute atomic E-state index is 0.148. The van der Waals surface area contributed by atoms with Crippen LogP contribution in [0.25, 0.3) is 5.65 Å². The maximum Gasteiger partial charge on any atom is 0.264 e. The molecule has 2 aliphatic heterocycles. The first-order valence-electron chi connectivity index (χ1n) is 19.4. The van der Waals surface area contributed by atoms with Crippen LogP contribution >= 0.6 is 0 Å². The van der Waals surface area contributed by atoms with E-state index in [0.29, 0.717) is 54.2 Å². The summed E-state index contributed by atoms with van der Waals surface area (Å²) in [7, 11) is 0. The van der Waals surface area contributed by atoms with Crippen molar-refractivity contribution in [1.29, 1.82) is 0 Å². The second-order valence-electron chi connectivity index (χ2n) is 14.6. The van der Waals surface area contributed by atoms with E-state index >= 15 is 0 Å². The molecular weight excluding hydrogens is 656 g/mol. The summed E-state index contributed by atoms with van der Waals surface area (Å²) in [5, 5.41) is 17.5. The molecule has 12 heteroatoms. The molecule has 0 spiro atoms. The minimum atomic E-state index is -0.815. The molecule has 3 aliphatic rings. The van der Waals surface area contributed by atoms with Crippen LogP contribution in [0.15, 0.2) is 48.8 Å². The van der Waals surface area contributed by atoms with Crippen LogP contribution in [0, 0.1) is 0 Å². The van der Waals surface area contributed by atoms with Gasteiger partial charge in [-0.3, -0.25) is 24.1 Å². The number of unbranched alkanes of at least 4 members (excludes halogenated alkanes) is 6. The van der Waals surface area contributed by atoms with Crippen LogP contribution in [0.2, 0.25) is 0 Å². The Balaban J connectivity index is 0.837. The number of carbonyl (C=O) groups is 4. The largest absolute Gasteiger partial charge is 0.384 e. The maximum atomic E-state index is 13.3. The number of hydrogen-bond acceptors (Lipinski definition) is 8. The smallest absolute Gasteiger partial charge is 0.264 e. The summed E-state index contributed by atoms with van der Waals surface area (Å²) in [6, 6.07) is 9.01. The van der Waals surface area contributed by atoms with Crippen molar-refractivity contribution in [1.82, 2.24) is 30.1 Å². The molecule has 278 valence electrons. The van der Waals surface area contributed by atoms with Crippen LogP contribution in [0.3, 0.4) is 0 Å². The monoisotopic (exact) mass is 710 g/mol. The third kappa shape index (κ3) is 8.48. The predicted molar refractivity (Wildman–Crippen MR) is 202 cm³/mol. The third-order valence-corrected chi connectivity index (χ3v) is 10.9. The Labute approximate surface area is 306 Å². The van der Waals surface area contributed by atoms with E-state index in [4.69, 9.17) is 4.98 Å². The van der Waals surface area contributed by atoms with Crippen molar-refractivity contribution in [3.05, 3.63) is 65.6 Å². The molecule has 4 amide bonds. The first kappa shape index (κ1) is 37.0. The van der Waals surface area contributed by atoms with Crippen molar-refractivity contribution >= 4 is 40.8 Å². The number of imide groups is 1. The fourth-order valence-electron chi connectivity index (χ4n) is 7.96. The Hall–Kier alpha value is -4.74. The van der Waals surface area contributed by atoms with Gasteiger partial charge in [0.2, 0.25) is 11.8 Å². The van der Waals surface area contributed by atoms with Gasteiger partial charge in [0, 0.05) is 60.2 Å². The number of amides is 4. The topological polar surface area (TPSA) is 150 Å². The van der Waals surface area contributed by atoms with Crippen molar-refractivity contribution in [3.63, 3.8) is 0 Å². The molecule has 1 aliphatic carbocycles. The number of carbonyl (C=O) groups excluding carboxylic acids is 4. The van der Waals surface area contributed by atoms with Crippen LogP contribution in [-0.4, -0.2) is 67.8 Å². The summed E-state index contributed by atoms with van der Waals surface area (Å²) in [5.41, 5.74) is 3.91. The summed E-state index contributed by atoms with van der Waals surface area (Å²) < 4.78 is 1.88. The van der Waals surface area contributed by atoms with E-state index in [9.17, 15) is 19.2 Å². The van der Waals surface area contributed by atoms with Gasteiger partial charge in [-0.05, 0) is 69.9 Å². The highest BCUT2D eigenvalue weighted by atomic mass is 16.2. The van der Waals surface area contributed by atoms with Crippen LogP contribution in [0.5, 0.6) is 0 Å². The lowest BCUT2D eigenvalue weighted by molar-refractivity contribution is -0.125. The molecule has 1 aromatic carbocycles. The van der Waals surface area contributed by atoms with E-state index < -0.39 is 17.9 Å². The molecule has 4 heterocycles. The molecule has 12 nitrogen and oxygen atoms in total. The molecule has 4 N–H and O–H groups in total. The highest BCUT2D eigenvalue weighted by Crippen LogP contribution is 2.33. The molecule has 3 atom stereocenters. The second kappa shape index (κ2) is 17.2. The van der Waals surface area contributed by atoms with Gasteiger partial charge >= 0.3 is 0 Å². The van der Waals surface area contributed by atoms with E-state index in [1.54, 1.807) is 18.3 Å². The quantitative estimate of drug-likeness (QED) is 0.0842. The van der Waals surface area contributed by atoms with Crippen molar-refractivity contribution in [2.24, 2.45) is 0 Å². The normalized spacial score (nSPS) is 20.1. The zero-order chi connectivity index (χ0) is 36.6. The lowest BCUT2D eigenvalue weighted by Gasteiger charge is -2.29. The SMILES string of the molecule is C=C1CCC(N2C(=O)c3cccc(NCCCCCCCCCC(=O)N[C@H]4CC[C@H](Nc5cc(C(CC)CC)nc6ccnn56)C4)c3C2=O)C(=O)N1. The number of aromatic nitrogens is 3. The lowest BCUT2D eigenvalue weighted by Crippen LogP contribution is -2.51. The lowest BCUT2D eigenvalue weighted by atomic mass is 9.99. The molecule has 3 aromatic rings. The first-order chi connectivity index (χ1) is 25.3. The molecule has 0 bridgehead atoms. The summed E-state index contributed by atoms with van der Waals surface area (Å²) in [6.45, 7) is 8.89. The number of anilines is 2. The van der Waals surface area contributed by atoms with Gasteiger partial charge in [0.1, 0.15) is 11.9 Å². The predicted octanol–water partition coefficient (Wildman–Crippen LogP) is 6.70. The molecule has 2 aromatic heterocycles. The number of fused-ring (bicyclic) bond motifs is 2. The standard InChI is InChI=1S/C40H54N8O4/c1-4-27(5-2)32-25-35(48-34(46-32)21-23-42-48)44-28-18-19-29(24-28)45-36(49)16-11-9-7-6-8-10-12-22-41-31-15-13-14-30-37(31)40(52)47(39(30)51)33-20-17-26(3)43-38(33)50/h13-15,21,23,25,27-29,33,41,44H,3-12,16-20,22,24H2,1-2H3,(H,43,50)(H,45,49)/t28-,29-,33?/m0/s1. The number of allylic oxidation sites excluding steroid dienone is 1. The van der Waals surface area contributed by atoms with Crippen LogP contribution < -0.4 is 21.3 Å². The van der Waals surface area contributed by atoms with Crippen LogP contribution in [0.4, 0.5) is 11.5 Å². The van der Waals surface area contributed by atoms with Gasteiger partial charge in [0.25, 0.3) is 11.8 Å². The highest BCUT2D eigenvalue weighted by Gasteiger charge is 2.45. The molecule has 1 saturated heterocycles. The average molecular weight is 711 g/mol. The van der Waals surface area contributed by atoms with Crippen molar-refractivity contribution in [2.75, 3.05) is 17.2 Å². The zero-order valence-electron chi connectivity index (χ0n) is 30.7. The van der Waals surface area contributed by atoms with E-state index in [1.807, 2.05) is 16.6 Å². The van der Waals surface area contributed by atoms with E-state index in [1.165, 1.54) is 0 Å². The van der Waals surface area contributed by atoms with Gasteiger partial charge in [-0.1, -0.05) is 58.6 Å². The van der Waals surface area contributed by atoms with Crippen molar-refractivity contribution in [2.45, 2.75) is 134 Å². The first-order valence-corrected chi connectivity index (χ1v) is 19.4. The third-order valence-electron chi connectivity index (χ3n) is 10.9.